The summed E-state index contributed by atoms with van der Waals surface area (Å²) in [5, 5.41) is 22.0. The van der Waals surface area contributed by atoms with Gasteiger partial charge in [0.15, 0.2) is 0 Å². The molecular formula is C27H44O4. The molecule has 4 nitrogen and oxygen atoms in total. The molecule has 5 aliphatic rings. The van der Waals surface area contributed by atoms with Crippen LogP contribution in [0.25, 0.3) is 0 Å². The van der Waals surface area contributed by atoms with Gasteiger partial charge in [-0.2, -0.15) is 0 Å². The minimum absolute atomic E-state index is 0.0160. The van der Waals surface area contributed by atoms with Crippen molar-refractivity contribution in [3.8, 4) is 0 Å². The number of carbonyl (C=O) groups excluding carboxylic acids is 1. The Morgan fingerprint density at radius 3 is 2.48 bits per heavy atom. The summed E-state index contributed by atoms with van der Waals surface area (Å²) in [5.41, 5.74) is 0.219. The predicted octanol–water partition coefficient (Wildman–Crippen LogP) is 4.95. The zero-order valence-electron chi connectivity index (χ0n) is 20.1. The molecule has 0 amide bonds. The van der Waals surface area contributed by atoms with Crippen molar-refractivity contribution in [1.82, 2.24) is 0 Å². The van der Waals surface area contributed by atoms with Crippen LogP contribution in [0.1, 0.15) is 91.9 Å². The van der Waals surface area contributed by atoms with Crippen LogP contribution in [0.5, 0.6) is 0 Å². The Morgan fingerprint density at radius 1 is 0.968 bits per heavy atom. The number of hydrogen-bond acceptors (Lipinski definition) is 4. The standard InChI is InChI=1S/C27H44O4/c1-15-5-10-23(31-25(15)30)16(2)20-8-9-21-19-7-6-17-13-18(28)11-12-26(17,3)22(19)14-24(29)27(20,21)4/h15-24,28-29H,5-14H2,1-4H3. The van der Waals surface area contributed by atoms with Crippen molar-refractivity contribution < 1.29 is 19.7 Å². The Labute approximate surface area is 188 Å². The number of hydrogen-bond donors (Lipinski definition) is 2. The average Bonchev–Trinajstić information content (AvgIpc) is 3.09. The van der Waals surface area contributed by atoms with Gasteiger partial charge in [0, 0.05) is 0 Å². The lowest BCUT2D eigenvalue weighted by Crippen LogP contribution is -2.59. The van der Waals surface area contributed by atoms with E-state index in [-0.39, 0.29) is 41.0 Å². The summed E-state index contributed by atoms with van der Waals surface area (Å²) >= 11 is 0. The SMILES string of the molecule is CC1CCC(C(C)C2CCC3C4CCC5CC(O)CCC5(C)C4CC(O)C23C)OC1=O. The first-order valence-electron chi connectivity index (χ1n) is 13.2. The molecule has 12 unspecified atom stereocenters. The maximum Gasteiger partial charge on any atom is 0.308 e. The maximum absolute atomic E-state index is 12.2. The van der Waals surface area contributed by atoms with Gasteiger partial charge >= 0.3 is 5.97 Å². The molecule has 2 N–H and O–H groups in total. The second-order valence-electron chi connectivity index (χ2n) is 12.7. The van der Waals surface area contributed by atoms with E-state index in [2.05, 4.69) is 20.8 Å². The molecule has 5 fully saturated rings. The van der Waals surface area contributed by atoms with Crippen LogP contribution in [0.4, 0.5) is 0 Å². The zero-order valence-corrected chi connectivity index (χ0v) is 20.1. The van der Waals surface area contributed by atoms with Crippen molar-refractivity contribution >= 4 is 5.97 Å². The summed E-state index contributed by atoms with van der Waals surface area (Å²) in [6, 6.07) is 0. The smallest absolute Gasteiger partial charge is 0.308 e. The van der Waals surface area contributed by atoms with E-state index >= 15 is 0 Å². The summed E-state index contributed by atoms with van der Waals surface area (Å²) < 4.78 is 5.89. The summed E-state index contributed by atoms with van der Waals surface area (Å²) in [6.45, 7) is 9.11. The third-order valence-electron chi connectivity index (χ3n) is 11.6. The van der Waals surface area contributed by atoms with Crippen LogP contribution in [0.15, 0.2) is 0 Å². The lowest BCUT2D eigenvalue weighted by Gasteiger charge is -2.62. The number of fused-ring (bicyclic) bond motifs is 5. The van der Waals surface area contributed by atoms with Crippen LogP contribution < -0.4 is 0 Å². The minimum Gasteiger partial charge on any atom is -0.462 e. The van der Waals surface area contributed by atoms with E-state index in [1.807, 2.05) is 6.92 Å². The topological polar surface area (TPSA) is 66.8 Å². The number of rotatable bonds is 2. The molecule has 0 aromatic carbocycles. The largest absolute Gasteiger partial charge is 0.462 e. The molecule has 0 bridgehead atoms. The fourth-order valence-corrected chi connectivity index (χ4v) is 9.58. The molecule has 12 atom stereocenters. The summed E-state index contributed by atoms with van der Waals surface area (Å²) in [4.78, 5) is 12.2. The molecule has 176 valence electrons. The van der Waals surface area contributed by atoms with Crippen molar-refractivity contribution in [3.05, 3.63) is 0 Å². The molecule has 0 spiro atoms. The minimum atomic E-state index is -0.269. The number of aliphatic hydroxyl groups is 2. The average molecular weight is 433 g/mol. The fraction of sp³-hybridized carbons (Fsp3) is 0.963. The third-order valence-corrected chi connectivity index (χ3v) is 11.6. The molecule has 1 saturated heterocycles. The monoisotopic (exact) mass is 432 g/mol. The van der Waals surface area contributed by atoms with Crippen molar-refractivity contribution in [2.24, 2.45) is 52.3 Å². The predicted molar refractivity (Wildman–Crippen MR) is 120 cm³/mol. The summed E-state index contributed by atoms with van der Waals surface area (Å²) in [6.07, 6.45) is 10.3. The van der Waals surface area contributed by atoms with E-state index in [9.17, 15) is 15.0 Å². The molecule has 0 radical (unpaired) electrons. The van der Waals surface area contributed by atoms with Gasteiger partial charge in [0.05, 0.1) is 18.1 Å². The van der Waals surface area contributed by atoms with E-state index in [0.29, 0.717) is 35.5 Å². The van der Waals surface area contributed by atoms with Gasteiger partial charge in [-0.3, -0.25) is 4.79 Å². The van der Waals surface area contributed by atoms with Gasteiger partial charge in [-0.25, -0.2) is 0 Å². The van der Waals surface area contributed by atoms with Gasteiger partial charge in [0.2, 0.25) is 0 Å². The van der Waals surface area contributed by atoms with Crippen LogP contribution >= 0.6 is 0 Å². The zero-order chi connectivity index (χ0) is 22.1. The van der Waals surface area contributed by atoms with E-state index < -0.39 is 0 Å². The highest BCUT2D eigenvalue weighted by Crippen LogP contribution is 2.68. The summed E-state index contributed by atoms with van der Waals surface area (Å²) in [7, 11) is 0. The molecule has 1 heterocycles. The van der Waals surface area contributed by atoms with Crippen LogP contribution in [0.3, 0.4) is 0 Å². The fourth-order valence-electron chi connectivity index (χ4n) is 9.58. The normalized spacial score (nSPS) is 55.5. The maximum atomic E-state index is 12.2. The van der Waals surface area contributed by atoms with Crippen LogP contribution in [0, 0.1) is 52.3 Å². The van der Waals surface area contributed by atoms with Gasteiger partial charge in [0.1, 0.15) is 6.10 Å². The van der Waals surface area contributed by atoms with E-state index in [1.54, 1.807) is 0 Å². The molecule has 4 aliphatic carbocycles. The van der Waals surface area contributed by atoms with Gasteiger partial charge in [0.25, 0.3) is 0 Å². The Morgan fingerprint density at radius 2 is 1.74 bits per heavy atom. The number of cyclic esters (lactones) is 1. The molecule has 0 aromatic heterocycles. The molecule has 5 rings (SSSR count). The van der Waals surface area contributed by atoms with Gasteiger partial charge in [-0.1, -0.05) is 27.7 Å². The molecule has 4 saturated carbocycles. The first kappa shape index (κ1) is 22.2. The summed E-state index contributed by atoms with van der Waals surface area (Å²) in [5.74, 6) is 3.24. The third kappa shape index (κ3) is 3.25. The van der Waals surface area contributed by atoms with Gasteiger partial charge < -0.3 is 14.9 Å². The van der Waals surface area contributed by atoms with Crippen molar-refractivity contribution in [3.63, 3.8) is 0 Å². The van der Waals surface area contributed by atoms with Crippen molar-refractivity contribution in [1.29, 1.82) is 0 Å². The molecule has 1 aliphatic heterocycles. The van der Waals surface area contributed by atoms with Crippen LogP contribution in [-0.4, -0.2) is 34.5 Å². The highest BCUT2D eigenvalue weighted by Gasteiger charge is 2.64. The van der Waals surface area contributed by atoms with E-state index in [4.69, 9.17) is 4.74 Å². The number of carbonyl (C=O) groups is 1. The second kappa shape index (κ2) is 7.72. The first-order valence-corrected chi connectivity index (χ1v) is 13.2. The Hall–Kier alpha value is -0.610. The van der Waals surface area contributed by atoms with Gasteiger partial charge in [-0.05, 0) is 111 Å². The van der Waals surface area contributed by atoms with Crippen molar-refractivity contribution in [2.45, 2.75) is 110 Å². The van der Waals surface area contributed by atoms with E-state index in [0.717, 1.165) is 44.9 Å². The van der Waals surface area contributed by atoms with Crippen LogP contribution in [0.2, 0.25) is 0 Å². The number of ether oxygens (including phenoxy) is 1. The highest BCUT2D eigenvalue weighted by atomic mass is 16.5. The molecule has 4 heteroatoms. The lowest BCUT2D eigenvalue weighted by molar-refractivity contribution is -0.184. The second-order valence-corrected chi connectivity index (χ2v) is 12.7. The quantitative estimate of drug-likeness (QED) is 0.606. The number of aliphatic hydroxyl groups excluding tert-OH is 2. The lowest BCUT2D eigenvalue weighted by atomic mass is 9.43. The molecule has 31 heavy (non-hydrogen) atoms. The molecular weight excluding hydrogens is 388 g/mol. The van der Waals surface area contributed by atoms with Gasteiger partial charge in [-0.15, -0.1) is 0 Å². The van der Waals surface area contributed by atoms with E-state index in [1.165, 1.54) is 19.3 Å². The van der Waals surface area contributed by atoms with Crippen molar-refractivity contribution in [2.75, 3.05) is 0 Å². The highest BCUT2D eigenvalue weighted by molar-refractivity contribution is 5.72. The Kier molecular flexibility index (Phi) is 5.53. The Bertz CT molecular complexity index is 707. The van der Waals surface area contributed by atoms with Crippen LogP contribution in [-0.2, 0) is 9.53 Å². The molecule has 0 aromatic rings. The number of esters is 1. The Balaban J connectivity index is 1.38. The first-order chi connectivity index (χ1) is 14.7.